The molecule has 2 aliphatic rings. The Balaban J connectivity index is 1.49. The van der Waals surface area contributed by atoms with Crippen LogP contribution in [0.2, 0.25) is 0 Å². The summed E-state index contributed by atoms with van der Waals surface area (Å²) < 4.78 is 1.57. The molecule has 3 heterocycles. The quantitative estimate of drug-likeness (QED) is 0.710. The van der Waals surface area contributed by atoms with Crippen LogP contribution >= 0.6 is 11.3 Å². The Kier molecular flexibility index (Phi) is 3.93. The number of fused-ring (bicyclic) bond motifs is 1. The number of hydrogen-bond donors (Lipinski definition) is 2. The molecule has 3 aromatic rings. The van der Waals surface area contributed by atoms with E-state index in [0.717, 1.165) is 53.9 Å². The maximum absolute atomic E-state index is 12.5. The zero-order valence-corrected chi connectivity index (χ0v) is 15.5. The molecule has 0 unspecified atom stereocenters. The maximum Gasteiger partial charge on any atom is 0.255 e. The zero-order valence-electron chi connectivity index (χ0n) is 14.7. The van der Waals surface area contributed by atoms with E-state index in [1.54, 1.807) is 16.0 Å². The van der Waals surface area contributed by atoms with E-state index in [-0.39, 0.29) is 11.5 Å². The van der Waals surface area contributed by atoms with Gasteiger partial charge in [0.25, 0.3) is 5.56 Å². The Labute approximate surface area is 159 Å². The number of nitrogens with one attached hydrogen (secondary N) is 2. The fourth-order valence-corrected chi connectivity index (χ4v) is 4.22. The number of thiophene rings is 1. The Morgan fingerprint density at radius 3 is 3.04 bits per heavy atom. The van der Waals surface area contributed by atoms with Crippen molar-refractivity contribution in [2.45, 2.75) is 44.4 Å². The van der Waals surface area contributed by atoms with Gasteiger partial charge in [0, 0.05) is 22.4 Å². The molecule has 0 aliphatic heterocycles. The first-order chi connectivity index (χ1) is 13.2. The number of aryl methyl sites for hydroxylation is 1. The van der Waals surface area contributed by atoms with Gasteiger partial charge in [-0.25, -0.2) is 4.98 Å². The van der Waals surface area contributed by atoms with Crippen LogP contribution in [0.15, 0.2) is 28.4 Å². The number of amides is 1. The van der Waals surface area contributed by atoms with E-state index in [2.05, 4.69) is 20.4 Å². The third-order valence-corrected chi connectivity index (χ3v) is 5.91. The van der Waals surface area contributed by atoms with Crippen molar-refractivity contribution in [1.29, 1.82) is 0 Å². The smallest absolute Gasteiger partial charge is 0.255 e. The summed E-state index contributed by atoms with van der Waals surface area (Å²) in [4.78, 5) is 33.3. The van der Waals surface area contributed by atoms with Crippen LogP contribution in [-0.2, 0) is 24.1 Å². The van der Waals surface area contributed by atoms with Gasteiger partial charge in [0.05, 0.1) is 17.8 Å². The number of aromatic nitrogens is 4. The number of H-pyrrole nitrogens is 1. The second-order valence-corrected chi connectivity index (χ2v) is 8.15. The van der Waals surface area contributed by atoms with E-state index in [0.29, 0.717) is 24.1 Å². The van der Waals surface area contributed by atoms with Gasteiger partial charge in [0.15, 0.2) is 0 Å². The van der Waals surface area contributed by atoms with Crippen LogP contribution in [0.5, 0.6) is 0 Å². The maximum atomic E-state index is 12.5. The molecule has 3 aromatic heterocycles. The van der Waals surface area contributed by atoms with Gasteiger partial charge in [-0.15, -0.1) is 11.3 Å². The minimum absolute atomic E-state index is 0.105. The summed E-state index contributed by atoms with van der Waals surface area (Å²) in [6, 6.07) is 5.77. The third-order valence-electron chi connectivity index (χ3n) is 5.04. The van der Waals surface area contributed by atoms with Crippen molar-refractivity contribution in [2.75, 3.05) is 5.32 Å². The number of nitrogens with zero attached hydrogens (tertiary/aromatic N) is 3. The highest BCUT2D eigenvalue weighted by atomic mass is 32.1. The van der Waals surface area contributed by atoms with Gasteiger partial charge >= 0.3 is 0 Å². The number of hydrogen-bond acceptors (Lipinski definition) is 5. The first-order valence-corrected chi connectivity index (χ1v) is 10.1. The number of carbonyl (C=O) groups is 1. The number of anilines is 1. The van der Waals surface area contributed by atoms with E-state index < -0.39 is 0 Å². The monoisotopic (exact) mass is 381 g/mol. The molecule has 1 saturated carbocycles. The molecular weight excluding hydrogens is 362 g/mol. The Morgan fingerprint density at radius 1 is 1.37 bits per heavy atom. The molecule has 0 spiro atoms. The van der Waals surface area contributed by atoms with Crippen LogP contribution in [0.3, 0.4) is 0 Å². The van der Waals surface area contributed by atoms with E-state index in [9.17, 15) is 9.59 Å². The number of aromatic amines is 1. The minimum atomic E-state index is -0.107. The highest BCUT2D eigenvalue weighted by molar-refractivity contribution is 7.10. The summed E-state index contributed by atoms with van der Waals surface area (Å²) in [6.07, 6.45) is 5.06. The Bertz CT molecular complexity index is 1060. The van der Waals surface area contributed by atoms with Crippen molar-refractivity contribution < 1.29 is 4.79 Å². The number of rotatable bonds is 5. The predicted octanol–water partition coefficient (Wildman–Crippen LogP) is 2.56. The molecule has 1 amide bonds. The van der Waals surface area contributed by atoms with Crippen molar-refractivity contribution in [3.05, 3.63) is 55.8 Å². The number of carbonyl (C=O) groups excluding carboxylic acids is 1. The lowest BCUT2D eigenvalue weighted by Crippen LogP contribution is -2.21. The zero-order chi connectivity index (χ0) is 18.4. The summed E-state index contributed by atoms with van der Waals surface area (Å²) in [6.45, 7) is 0. The van der Waals surface area contributed by atoms with Crippen molar-refractivity contribution in [3.8, 4) is 5.95 Å². The largest absolute Gasteiger partial charge is 0.310 e. The molecule has 8 heteroatoms. The lowest BCUT2D eigenvalue weighted by Gasteiger charge is -2.09. The van der Waals surface area contributed by atoms with Crippen LogP contribution in [-0.4, -0.2) is 25.7 Å². The molecule has 0 bridgehead atoms. The fourth-order valence-electron chi connectivity index (χ4n) is 3.52. The van der Waals surface area contributed by atoms with Crippen molar-refractivity contribution >= 4 is 23.1 Å². The molecule has 0 atom stereocenters. The molecule has 0 saturated heterocycles. The van der Waals surface area contributed by atoms with Gasteiger partial charge in [-0.2, -0.15) is 9.78 Å². The summed E-state index contributed by atoms with van der Waals surface area (Å²) >= 11 is 1.55. The van der Waals surface area contributed by atoms with Crippen molar-refractivity contribution in [1.82, 2.24) is 19.7 Å². The van der Waals surface area contributed by atoms with E-state index in [1.165, 1.54) is 0 Å². The Morgan fingerprint density at radius 2 is 2.26 bits per heavy atom. The molecule has 1 fully saturated rings. The molecule has 0 aromatic carbocycles. The average Bonchev–Trinajstić information content (AvgIpc) is 3.04. The molecule has 2 aliphatic carbocycles. The second-order valence-electron chi connectivity index (χ2n) is 7.11. The lowest BCUT2D eigenvalue weighted by molar-refractivity contribution is -0.115. The highest BCUT2D eigenvalue weighted by Gasteiger charge is 2.29. The van der Waals surface area contributed by atoms with Gasteiger partial charge in [0.1, 0.15) is 5.82 Å². The van der Waals surface area contributed by atoms with E-state index in [1.807, 2.05) is 23.6 Å². The van der Waals surface area contributed by atoms with Gasteiger partial charge in [0.2, 0.25) is 11.9 Å². The van der Waals surface area contributed by atoms with Gasteiger partial charge in [-0.3, -0.25) is 14.6 Å². The van der Waals surface area contributed by atoms with Crippen LogP contribution in [0.1, 0.15) is 47.0 Å². The summed E-state index contributed by atoms with van der Waals surface area (Å²) in [5, 5.41) is 9.53. The standard InChI is InChI=1S/C19H19N5O2S/c25-17(9-12-3-2-8-27-12)21-16-10-15(11-6-7-11)23-24(16)19-20-14-5-1-4-13(14)18(26)22-19/h2-3,8,10-11H,1,4-7,9H2,(H,21,25)(H,20,22,26). The van der Waals surface area contributed by atoms with Crippen molar-refractivity contribution in [3.63, 3.8) is 0 Å². The minimum Gasteiger partial charge on any atom is -0.310 e. The van der Waals surface area contributed by atoms with Crippen molar-refractivity contribution in [2.24, 2.45) is 0 Å². The topological polar surface area (TPSA) is 92.7 Å². The fraction of sp³-hybridized carbons (Fsp3) is 0.368. The summed E-state index contributed by atoms with van der Waals surface area (Å²) in [7, 11) is 0. The van der Waals surface area contributed by atoms with Gasteiger partial charge < -0.3 is 5.32 Å². The molecule has 27 heavy (non-hydrogen) atoms. The van der Waals surface area contributed by atoms with E-state index in [4.69, 9.17) is 0 Å². The normalized spacial score (nSPS) is 15.7. The summed E-state index contributed by atoms with van der Waals surface area (Å²) in [5.74, 6) is 1.25. The first kappa shape index (κ1) is 16.4. The van der Waals surface area contributed by atoms with Crippen LogP contribution in [0, 0.1) is 0 Å². The lowest BCUT2D eigenvalue weighted by atomic mass is 10.3. The average molecular weight is 381 g/mol. The highest BCUT2D eigenvalue weighted by Crippen LogP contribution is 2.40. The third kappa shape index (κ3) is 3.21. The first-order valence-electron chi connectivity index (χ1n) is 9.22. The van der Waals surface area contributed by atoms with Crippen LogP contribution < -0.4 is 10.9 Å². The van der Waals surface area contributed by atoms with Gasteiger partial charge in [-0.05, 0) is 43.6 Å². The van der Waals surface area contributed by atoms with E-state index >= 15 is 0 Å². The molecule has 5 rings (SSSR count). The molecule has 138 valence electrons. The Hall–Kier alpha value is -2.74. The second kappa shape index (κ2) is 6.45. The molecule has 7 nitrogen and oxygen atoms in total. The molecular formula is C19H19N5O2S. The molecule has 2 N–H and O–H groups in total. The van der Waals surface area contributed by atoms with Crippen LogP contribution in [0.25, 0.3) is 5.95 Å². The summed E-state index contributed by atoms with van der Waals surface area (Å²) in [5.41, 5.74) is 2.45. The van der Waals surface area contributed by atoms with Gasteiger partial charge in [-0.1, -0.05) is 6.07 Å². The van der Waals surface area contributed by atoms with Crippen LogP contribution in [0.4, 0.5) is 5.82 Å². The molecule has 0 radical (unpaired) electrons. The SMILES string of the molecule is O=C(Cc1cccs1)Nc1cc(C2CC2)nn1-c1nc2c(c(=O)[nH]1)CCC2. The predicted molar refractivity (Wildman–Crippen MR) is 103 cm³/mol.